The van der Waals surface area contributed by atoms with Crippen molar-refractivity contribution in [1.82, 2.24) is 0 Å². The van der Waals surface area contributed by atoms with Gasteiger partial charge in [-0.15, -0.1) is 0 Å². The molecule has 0 heterocycles. The first-order chi connectivity index (χ1) is 9.07. The Balaban J connectivity index is 2.73. The van der Waals surface area contributed by atoms with Gasteiger partial charge in [0.25, 0.3) is 0 Å². The Kier molecular flexibility index (Phi) is 5.03. The van der Waals surface area contributed by atoms with Gasteiger partial charge in [0, 0.05) is 0 Å². The van der Waals surface area contributed by atoms with E-state index in [1.165, 1.54) is 0 Å². The molecule has 0 aliphatic rings. The molecule has 1 amide bonds. The molecule has 0 aliphatic heterocycles. The van der Waals surface area contributed by atoms with E-state index in [9.17, 15) is 4.79 Å². The highest BCUT2D eigenvalue weighted by atomic mass is 16.6. The standard InChI is InChI=1S/C16H25NO3/c1-15(2,3)11-19-13-10-8-7-9-12(13)17-14(18)20-16(4,5)6/h7-10H,11H2,1-6H3,(H,17,18). The lowest BCUT2D eigenvalue weighted by Gasteiger charge is -2.22. The van der Waals surface area contributed by atoms with E-state index in [1.807, 2.05) is 39.0 Å². The minimum absolute atomic E-state index is 0.0546. The summed E-state index contributed by atoms with van der Waals surface area (Å²) >= 11 is 0. The van der Waals surface area contributed by atoms with Gasteiger partial charge in [-0.3, -0.25) is 5.32 Å². The lowest BCUT2D eigenvalue weighted by atomic mass is 9.99. The Morgan fingerprint density at radius 2 is 1.70 bits per heavy atom. The molecule has 112 valence electrons. The molecular weight excluding hydrogens is 254 g/mol. The molecule has 20 heavy (non-hydrogen) atoms. The van der Waals surface area contributed by atoms with Gasteiger partial charge in [0.2, 0.25) is 0 Å². The summed E-state index contributed by atoms with van der Waals surface area (Å²) in [6, 6.07) is 7.34. The van der Waals surface area contributed by atoms with Crippen molar-refractivity contribution < 1.29 is 14.3 Å². The predicted molar refractivity (Wildman–Crippen MR) is 81.2 cm³/mol. The number of amides is 1. The Labute approximate surface area is 121 Å². The van der Waals surface area contributed by atoms with Crippen LogP contribution < -0.4 is 10.1 Å². The van der Waals surface area contributed by atoms with Crippen LogP contribution in [0.15, 0.2) is 24.3 Å². The normalized spacial score (nSPS) is 11.9. The van der Waals surface area contributed by atoms with Gasteiger partial charge in [0.05, 0.1) is 12.3 Å². The van der Waals surface area contributed by atoms with Gasteiger partial charge in [0.15, 0.2) is 0 Å². The molecule has 1 aromatic rings. The second-order valence-electron chi connectivity index (χ2n) is 6.97. The summed E-state index contributed by atoms with van der Waals surface area (Å²) in [4.78, 5) is 11.8. The van der Waals surface area contributed by atoms with Crippen LogP contribution in [0.1, 0.15) is 41.5 Å². The number of hydrogen-bond acceptors (Lipinski definition) is 3. The Hall–Kier alpha value is -1.71. The van der Waals surface area contributed by atoms with Crippen LogP contribution in [0.4, 0.5) is 10.5 Å². The third kappa shape index (κ3) is 6.45. The molecule has 0 aromatic heterocycles. The summed E-state index contributed by atoms with van der Waals surface area (Å²) in [7, 11) is 0. The number of para-hydroxylation sites is 2. The Morgan fingerprint density at radius 1 is 1.10 bits per heavy atom. The number of benzene rings is 1. The summed E-state index contributed by atoms with van der Waals surface area (Å²) in [5, 5.41) is 2.72. The van der Waals surface area contributed by atoms with Crippen LogP contribution in [-0.4, -0.2) is 18.3 Å². The van der Waals surface area contributed by atoms with E-state index in [2.05, 4.69) is 26.1 Å². The summed E-state index contributed by atoms with van der Waals surface area (Å²) in [6.07, 6.45) is -0.482. The lowest BCUT2D eigenvalue weighted by Crippen LogP contribution is -2.27. The lowest BCUT2D eigenvalue weighted by molar-refractivity contribution is 0.0635. The molecule has 0 radical (unpaired) electrons. The Morgan fingerprint density at radius 3 is 2.25 bits per heavy atom. The maximum Gasteiger partial charge on any atom is 0.412 e. The first-order valence-corrected chi connectivity index (χ1v) is 6.79. The van der Waals surface area contributed by atoms with E-state index in [4.69, 9.17) is 9.47 Å². The molecule has 0 spiro atoms. The van der Waals surface area contributed by atoms with Gasteiger partial charge >= 0.3 is 6.09 Å². The molecule has 1 aromatic carbocycles. The van der Waals surface area contributed by atoms with Crippen molar-refractivity contribution in [3.05, 3.63) is 24.3 Å². The molecule has 0 fully saturated rings. The number of carbonyl (C=O) groups is 1. The first-order valence-electron chi connectivity index (χ1n) is 6.79. The van der Waals surface area contributed by atoms with Crippen LogP contribution in [0.2, 0.25) is 0 Å². The number of nitrogens with one attached hydrogen (secondary N) is 1. The molecular formula is C16H25NO3. The zero-order valence-electron chi connectivity index (χ0n) is 13.2. The molecule has 0 bridgehead atoms. The molecule has 1 rings (SSSR count). The summed E-state index contributed by atoms with van der Waals surface area (Å²) in [5.74, 6) is 0.647. The topological polar surface area (TPSA) is 47.6 Å². The van der Waals surface area contributed by atoms with Crippen LogP contribution in [0.3, 0.4) is 0 Å². The summed E-state index contributed by atoms with van der Waals surface area (Å²) in [5.41, 5.74) is 0.149. The molecule has 1 N–H and O–H groups in total. The zero-order chi connectivity index (χ0) is 15.4. The average Bonchev–Trinajstić information content (AvgIpc) is 2.24. The van der Waals surface area contributed by atoms with Crippen LogP contribution in [0, 0.1) is 5.41 Å². The van der Waals surface area contributed by atoms with Crippen molar-refractivity contribution >= 4 is 11.8 Å². The number of rotatable bonds is 3. The third-order valence-corrected chi connectivity index (χ3v) is 2.18. The largest absolute Gasteiger partial charge is 0.491 e. The molecule has 0 saturated heterocycles. The second-order valence-corrected chi connectivity index (χ2v) is 6.97. The van der Waals surface area contributed by atoms with Crippen LogP contribution >= 0.6 is 0 Å². The second kappa shape index (κ2) is 6.16. The van der Waals surface area contributed by atoms with E-state index in [0.29, 0.717) is 18.0 Å². The van der Waals surface area contributed by atoms with Crippen molar-refractivity contribution in [2.24, 2.45) is 5.41 Å². The van der Waals surface area contributed by atoms with Crippen LogP contribution in [-0.2, 0) is 4.74 Å². The third-order valence-electron chi connectivity index (χ3n) is 2.18. The van der Waals surface area contributed by atoms with E-state index >= 15 is 0 Å². The fourth-order valence-corrected chi connectivity index (χ4v) is 1.40. The van der Waals surface area contributed by atoms with Gasteiger partial charge in [0.1, 0.15) is 11.4 Å². The molecule has 0 aliphatic carbocycles. The predicted octanol–water partition coefficient (Wildman–Crippen LogP) is 4.46. The fourth-order valence-electron chi connectivity index (χ4n) is 1.40. The quantitative estimate of drug-likeness (QED) is 0.888. The van der Waals surface area contributed by atoms with Crippen molar-refractivity contribution in [2.45, 2.75) is 47.1 Å². The number of hydrogen-bond donors (Lipinski definition) is 1. The number of carbonyl (C=O) groups excluding carboxylic acids is 1. The van der Waals surface area contributed by atoms with Gasteiger partial charge in [-0.1, -0.05) is 32.9 Å². The Bertz CT molecular complexity index is 456. The smallest absolute Gasteiger partial charge is 0.412 e. The van der Waals surface area contributed by atoms with Gasteiger partial charge in [-0.05, 0) is 38.3 Å². The summed E-state index contributed by atoms with van der Waals surface area (Å²) < 4.78 is 11.0. The minimum Gasteiger partial charge on any atom is -0.491 e. The SMILES string of the molecule is CC(C)(C)COc1ccccc1NC(=O)OC(C)(C)C. The highest BCUT2D eigenvalue weighted by Gasteiger charge is 2.18. The zero-order valence-corrected chi connectivity index (χ0v) is 13.2. The highest BCUT2D eigenvalue weighted by molar-refractivity contribution is 5.86. The maximum atomic E-state index is 11.8. The van der Waals surface area contributed by atoms with Gasteiger partial charge in [-0.25, -0.2) is 4.79 Å². The maximum absolute atomic E-state index is 11.8. The van der Waals surface area contributed by atoms with Crippen molar-refractivity contribution in [1.29, 1.82) is 0 Å². The molecule has 4 heteroatoms. The molecule has 0 atom stereocenters. The minimum atomic E-state index is -0.523. The van der Waals surface area contributed by atoms with Crippen LogP contribution in [0.5, 0.6) is 5.75 Å². The van der Waals surface area contributed by atoms with Gasteiger partial charge < -0.3 is 9.47 Å². The number of anilines is 1. The van der Waals surface area contributed by atoms with E-state index < -0.39 is 11.7 Å². The monoisotopic (exact) mass is 279 g/mol. The highest BCUT2D eigenvalue weighted by Crippen LogP contribution is 2.26. The fraction of sp³-hybridized carbons (Fsp3) is 0.562. The van der Waals surface area contributed by atoms with Crippen LogP contribution in [0.25, 0.3) is 0 Å². The van der Waals surface area contributed by atoms with Crippen molar-refractivity contribution in [2.75, 3.05) is 11.9 Å². The molecule has 0 unspecified atom stereocenters. The van der Waals surface area contributed by atoms with E-state index in [0.717, 1.165) is 0 Å². The molecule has 0 saturated carbocycles. The van der Waals surface area contributed by atoms with Crippen molar-refractivity contribution in [3.8, 4) is 5.75 Å². The average molecular weight is 279 g/mol. The first kappa shape index (κ1) is 16.3. The molecule has 4 nitrogen and oxygen atoms in total. The van der Waals surface area contributed by atoms with E-state index in [1.54, 1.807) is 6.07 Å². The summed E-state index contributed by atoms with van der Waals surface area (Å²) in [6.45, 7) is 12.3. The van der Waals surface area contributed by atoms with E-state index in [-0.39, 0.29) is 5.41 Å². The number of ether oxygens (including phenoxy) is 2. The van der Waals surface area contributed by atoms with Gasteiger partial charge in [-0.2, -0.15) is 0 Å². The van der Waals surface area contributed by atoms with Crippen molar-refractivity contribution in [3.63, 3.8) is 0 Å².